The van der Waals surface area contributed by atoms with E-state index in [1.165, 1.54) is 6.92 Å². The van der Waals surface area contributed by atoms with Crippen LogP contribution in [0, 0.1) is 0 Å². The van der Waals surface area contributed by atoms with Crippen molar-refractivity contribution in [2.45, 2.75) is 33.3 Å². The fraction of sp³-hybridized carbons (Fsp3) is 0.417. The average Bonchev–Trinajstić information content (AvgIpc) is 2.16. The molecule has 1 N–H and O–H groups in total. The molecule has 1 aromatic carbocycles. The van der Waals surface area contributed by atoms with Crippen LogP contribution in [0.15, 0.2) is 18.2 Å². The Balaban J connectivity index is 3.10. The van der Waals surface area contributed by atoms with Crippen molar-refractivity contribution in [2.75, 3.05) is 0 Å². The molecule has 1 aromatic rings. The lowest BCUT2D eigenvalue weighted by atomic mass is 10.0. The molecule has 0 atom stereocenters. The van der Waals surface area contributed by atoms with Gasteiger partial charge in [0.2, 0.25) is 0 Å². The summed E-state index contributed by atoms with van der Waals surface area (Å²) in [5.74, 6) is 0.489. The van der Waals surface area contributed by atoms with E-state index in [4.69, 9.17) is 9.84 Å². The highest BCUT2D eigenvalue weighted by Crippen LogP contribution is 2.27. The van der Waals surface area contributed by atoms with Crippen molar-refractivity contribution < 1.29 is 14.6 Å². The monoisotopic (exact) mass is 208 g/mol. The van der Waals surface area contributed by atoms with Crippen molar-refractivity contribution in [1.82, 2.24) is 0 Å². The van der Waals surface area contributed by atoms with Gasteiger partial charge in [0, 0.05) is 6.92 Å². The zero-order valence-corrected chi connectivity index (χ0v) is 9.28. The van der Waals surface area contributed by atoms with Gasteiger partial charge in [-0.25, -0.2) is 0 Å². The van der Waals surface area contributed by atoms with Crippen molar-refractivity contribution in [3.63, 3.8) is 0 Å². The Labute approximate surface area is 89.7 Å². The van der Waals surface area contributed by atoms with Gasteiger partial charge in [0.15, 0.2) is 0 Å². The molecule has 0 spiro atoms. The summed E-state index contributed by atoms with van der Waals surface area (Å²) in [6.07, 6.45) is 0. The molecule has 3 heteroatoms. The van der Waals surface area contributed by atoms with E-state index < -0.39 is 0 Å². The first-order chi connectivity index (χ1) is 7.04. The number of carbonyl (C=O) groups excluding carboxylic acids is 1. The van der Waals surface area contributed by atoms with E-state index in [1.54, 1.807) is 6.07 Å². The largest absolute Gasteiger partial charge is 0.426 e. The minimum Gasteiger partial charge on any atom is -0.426 e. The molecule has 1 rings (SSSR count). The molecular weight excluding hydrogens is 192 g/mol. The number of aliphatic hydroxyl groups is 1. The van der Waals surface area contributed by atoms with E-state index in [2.05, 4.69) is 0 Å². The van der Waals surface area contributed by atoms with E-state index in [-0.39, 0.29) is 18.5 Å². The van der Waals surface area contributed by atoms with Crippen LogP contribution in [0.2, 0.25) is 0 Å². The van der Waals surface area contributed by atoms with Crippen LogP contribution in [-0.2, 0) is 11.4 Å². The topological polar surface area (TPSA) is 46.5 Å². The molecule has 0 saturated heterocycles. The highest BCUT2D eigenvalue weighted by molar-refractivity contribution is 5.70. The third kappa shape index (κ3) is 3.06. The fourth-order valence-electron chi connectivity index (χ4n) is 1.40. The summed E-state index contributed by atoms with van der Waals surface area (Å²) in [6, 6.07) is 5.42. The maximum absolute atomic E-state index is 10.9. The second kappa shape index (κ2) is 4.94. The van der Waals surface area contributed by atoms with Gasteiger partial charge in [-0.1, -0.05) is 26.0 Å². The molecular formula is C12H16O3. The smallest absolute Gasteiger partial charge is 0.308 e. The Kier molecular flexibility index (Phi) is 3.86. The van der Waals surface area contributed by atoms with Crippen LogP contribution in [0.5, 0.6) is 5.75 Å². The summed E-state index contributed by atoms with van der Waals surface area (Å²) in [7, 11) is 0. The highest BCUT2D eigenvalue weighted by atomic mass is 16.5. The van der Waals surface area contributed by atoms with Crippen LogP contribution in [-0.4, -0.2) is 11.1 Å². The van der Waals surface area contributed by atoms with Crippen molar-refractivity contribution in [3.8, 4) is 5.75 Å². The molecule has 0 aliphatic rings. The second-order valence-corrected chi connectivity index (χ2v) is 3.78. The summed E-state index contributed by atoms with van der Waals surface area (Å²) < 4.78 is 5.10. The van der Waals surface area contributed by atoms with Gasteiger partial charge < -0.3 is 9.84 Å². The lowest BCUT2D eigenvalue weighted by Gasteiger charge is -2.12. The zero-order chi connectivity index (χ0) is 11.4. The van der Waals surface area contributed by atoms with Gasteiger partial charge in [-0.3, -0.25) is 4.79 Å². The Morgan fingerprint density at radius 3 is 2.60 bits per heavy atom. The molecule has 0 aliphatic carbocycles. The van der Waals surface area contributed by atoms with Crippen LogP contribution >= 0.6 is 0 Å². The summed E-state index contributed by atoms with van der Waals surface area (Å²) in [5, 5.41) is 8.99. The quantitative estimate of drug-likeness (QED) is 0.612. The number of hydrogen-bond donors (Lipinski definition) is 1. The molecule has 15 heavy (non-hydrogen) atoms. The second-order valence-electron chi connectivity index (χ2n) is 3.78. The number of rotatable bonds is 3. The standard InChI is InChI=1S/C12H16O3/c1-8(2)11-5-4-10(7-13)6-12(11)15-9(3)14/h4-6,8,13H,7H2,1-3H3. The van der Waals surface area contributed by atoms with Crippen molar-refractivity contribution >= 4 is 5.97 Å². The maximum atomic E-state index is 10.9. The van der Waals surface area contributed by atoms with Crippen LogP contribution in [0.4, 0.5) is 0 Å². The number of aliphatic hydroxyl groups excluding tert-OH is 1. The van der Waals surface area contributed by atoms with Crippen molar-refractivity contribution in [1.29, 1.82) is 0 Å². The highest BCUT2D eigenvalue weighted by Gasteiger charge is 2.10. The number of hydrogen-bond acceptors (Lipinski definition) is 3. The number of carbonyl (C=O) groups is 1. The first-order valence-corrected chi connectivity index (χ1v) is 4.96. The fourth-order valence-corrected chi connectivity index (χ4v) is 1.40. The van der Waals surface area contributed by atoms with Gasteiger partial charge >= 0.3 is 5.97 Å². The molecule has 3 nitrogen and oxygen atoms in total. The summed E-state index contributed by atoms with van der Waals surface area (Å²) in [4.78, 5) is 10.9. The Hall–Kier alpha value is -1.35. The SMILES string of the molecule is CC(=O)Oc1cc(CO)ccc1C(C)C. The Morgan fingerprint density at radius 2 is 2.13 bits per heavy atom. The minimum absolute atomic E-state index is 0.0490. The molecule has 0 heterocycles. The number of ether oxygens (including phenoxy) is 1. The third-order valence-electron chi connectivity index (χ3n) is 2.14. The molecule has 0 fully saturated rings. The Bertz CT molecular complexity index is 356. The molecule has 0 radical (unpaired) electrons. The molecule has 0 amide bonds. The summed E-state index contributed by atoms with van der Waals surface area (Å²) >= 11 is 0. The van der Waals surface area contributed by atoms with Crippen molar-refractivity contribution in [3.05, 3.63) is 29.3 Å². The first kappa shape index (κ1) is 11.7. The van der Waals surface area contributed by atoms with Crippen molar-refractivity contribution in [2.24, 2.45) is 0 Å². The van der Waals surface area contributed by atoms with E-state index in [1.807, 2.05) is 26.0 Å². The van der Waals surface area contributed by atoms with Gasteiger partial charge in [-0.2, -0.15) is 0 Å². The minimum atomic E-state index is -0.341. The molecule has 0 aromatic heterocycles. The average molecular weight is 208 g/mol. The third-order valence-corrected chi connectivity index (χ3v) is 2.14. The van der Waals surface area contributed by atoms with E-state index in [0.717, 1.165) is 11.1 Å². The number of benzene rings is 1. The summed E-state index contributed by atoms with van der Waals surface area (Å²) in [5.41, 5.74) is 1.72. The molecule has 0 saturated carbocycles. The molecule has 0 bridgehead atoms. The first-order valence-electron chi connectivity index (χ1n) is 4.96. The van der Waals surface area contributed by atoms with Crippen LogP contribution in [0.3, 0.4) is 0 Å². The van der Waals surface area contributed by atoms with E-state index >= 15 is 0 Å². The Morgan fingerprint density at radius 1 is 1.47 bits per heavy atom. The van der Waals surface area contributed by atoms with Gasteiger partial charge in [0.05, 0.1) is 6.61 Å². The van der Waals surface area contributed by atoms with Gasteiger partial charge in [-0.15, -0.1) is 0 Å². The van der Waals surface area contributed by atoms with E-state index in [9.17, 15) is 4.79 Å². The number of esters is 1. The van der Waals surface area contributed by atoms with Crippen LogP contribution in [0.1, 0.15) is 37.8 Å². The van der Waals surface area contributed by atoms with Gasteiger partial charge in [0.25, 0.3) is 0 Å². The van der Waals surface area contributed by atoms with Crippen LogP contribution < -0.4 is 4.74 Å². The predicted octanol–water partition coefficient (Wildman–Crippen LogP) is 2.23. The zero-order valence-electron chi connectivity index (χ0n) is 9.28. The lowest BCUT2D eigenvalue weighted by molar-refractivity contribution is -0.131. The van der Waals surface area contributed by atoms with E-state index in [0.29, 0.717) is 5.75 Å². The molecule has 82 valence electrons. The van der Waals surface area contributed by atoms with Gasteiger partial charge in [-0.05, 0) is 23.1 Å². The molecule has 0 aliphatic heterocycles. The maximum Gasteiger partial charge on any atom is 0.308 e. The van der Waals surface area contributed by atoms with Gasteiger partial charge in [0.1, 0.15) is 5.75 Å². The molecule has 0 unspecified atom stereocenters. The lowest BCUT2D eigenvalue weighted by Crippen LogP contribution is -2.05. The predicted molar refractivity (Wildman–Crippen MR) is 57.8 cm³/mol. The van der Waals surface area contributed by atoms with Crippen LogP contribution in [0.25, 0.3) is 0 Å². The summed E-state index contributed by atoms with van der Waals surface area (Å²) in [6.45, 7) is 5.38. The normalized spacial score (nSPS) is 10.5.